The molecule has 1 heterocycles. The van der Waals surface area contributed by atoms with E-state index in [1.54, 1.807) is 14.2 Å². The molecule has 0 N–H and O–H groups in total. The molecule has 1 rings (SSSR count). The molecule has 1 aliphatic rings. The van der Waals surface area contributed by atoms with Gasteiger partial charge in [-0.3, -0.25) is 9.80 Å². The zero-order valence-corrected chi connectivity index (χ0v) is 14.8. The summed E-state index contributed by atoms with van der Waals surface area (Å²) in [7, 11) is 3.46. The van der Waals surface area contributed by atoms with Crippen molar-refractivity contribution in [3.63, 3.8) is 0 Å². The normalized spacial score (nSPS) is 21.7. The third kappa shape index (κ3) is 11.8. The Labute approximate surface area is 140 Å². The average molecular weight is 334 g/mol. The second-order valence-corrected chi connectivity index (χ2v) is 5.51. The largest absolute Gasteiger partial charge is 0.383 e. The molecule has 23 heavy (non-hydrogen) atoms. The van der Waals surface area contributed by atoms with Crippen molar-refractivity contribution in [3.05, 3.63) is 0 Å². The van der Waals surface area contributed by atoms with Gasteiger partial charge >= 0.3 is 0 Å². The van der Waals surface area contributed by atoms with Crippen LogP contribution in [0.3, 0.4) is 0 Å². The fraction of sp³-hybridized carbons (Fsp3) is 1.00. The summed E-state index contributed by atoms with van der Waals surface area (Å²) in [4.78, 5) is 4.62. The first-order valence-corrected chi connectivity index (χ1v) is 8.52. The van der Waals surface area contributed by atoms with Gasteiger partial charge in [0.1, 0.15) is 0 Å². The maximum Gasteiger partial charge on any atom is 0.0701 e. The second-order valence-electron chi connectivity index (χ2n) is 5.51. The third-order valence-corrected chi connectivity index (χ3v) is 3.80. The molecule has 0 unspecified atom stereocenters. The average Bonchev–Trinajstić information content (AvgIpc) is 2.57. The van der Waals surface area contributed by atoms with Crippen LogP contribution in [0.25, 0.3) is 0 Å². The molecule has 0 spiro atoms. The van der Waals surface area contributed by atoms with Crippen molar-refractivity contribution in [1.82, 2.24) is 9.80 Å². The Hall–Kier alpha value is -0.280. The van der Waals surface area contributed by atoms with Crippen LogP contribution in [0.15, 0.2) is 0 Å². The Morgan fingerprint density at radius 1 is 0.609 bits per heavy atom. The van der Waals surface area contributed by atoms with Crippen LogP contribution < -0.4 is 0 Å². The van der Waals surface area contributed by atoms with Gasteiger partial charge in [-0.2, -0.15) is 0 Å². The van der Waals surface area contributed by atoms with E-state index in [9.17, 15) is 0 Å². The van der Waals surface area contributed by atoms with E-state index >= 15 is 0 Å². The van der Waals surface area contributed by atoms with E-state index in [-0.39, 0.29) is 0 Å². The van der Waals surface area contributed by atoms with Gasteiger partial charge in [0.15, 0.2) is 0 Å². The van der Waals surface area contributed by atoms with Gasteiger partial charge < -0.3 is 23.7 Å². The van der Waals surface area contributed by atoms with Gasteiger partial charge in [-0.1, -0.05) is 0 Å². The molecule has 1 fully saturated rings. The number of hydrogen-bond donors (Lipinski definition) is 0. The molecular formula is C16H34N2O5. The minimum absolute atomic E-state index is 0.646. The van der Waals surface area contributed by atoms with Crippen molar-refractivity contribution in [2.45, 2.75) is 0 Å². The molecule has 0 atom stereocenters. The number of ether oxygens (including phenoxy) is 5. The second kappa shape index (κ2) is 15.3. The van der Waals surface area contributed by atoms with Gasteiger partial charge in [0.25, 0.3) is 0 Å². The molecule has 7 heteroatoms. The highest BCUT2D eigenvalue weighted by molar-refractivity contribution is 4.60. The van der Waals surface area contributed by atoms with Gasteiger partial charge in [0.2, 0.25) is 0 Å². The summed E-state index contributed by atoms with van der Waals surface area (Å²) in [6.45, 7) is 11.1. The van der Waals surface area contributed by atoms with Gasteiger partial charge in [-0.05, 0) is 0 Å². The van der Waals surface area contributed by atoms with E-state index in [0.717, 1.165) is 65.7 Å². The Morgan fingerprint density at radius 2 is 0.957 bits per heavy atom. The van der Waals surface area contributed by atoms with E-state index in [4.69, 9.17) is 23.7 Å². The van der Waals surface area contributed by atoms with Crippen molar-refractivity contribution in [1.29, 1.82) is 0 Å². The summed E-state index contributed by atoms with van der Waals surface area (Å²) in [5, 5.41) is 0. The maximum absolute atomic E-state index is 5.78. The summed E-state index contributed by atoms with van der Waals surface area (Å²) in [5.41, 5.74) is 0. The molecule has 0 bridgehead atoms. The third-order valence-electron chi connectivity index (χ3n) is 3.80. The smallest absolute Gasteiger partial charge is 0.0701 e. The zero-order chi connectivity index (χ0) is 16.6. The molecule has 0 aromatic heterocycles. The van der Waals surface area contributed by atoms with E-state index in [1.807, 2.05) is 0 Å². The van der Waals surface area contributed by atoms with Crippen LogP contribution in [0.5, 0.6) is 0 Å². The number of hydrogen-bond acceptors (Lipinski definition) is 7. The molecule has 0 saturated carbocycles. The number of nitrogens with zero attached hydrogens (tertiary/aromatic N) is 2. The fourth-order valence-electron chi connectivity index (χ4n) is 2.31. The van der Waals surface area contributed by atoms with Gasteiger partial charge in [-0.25, -0.2) is 0 Å². The van der Waals surface area contributed by atoms with Crippen LogP contribution in [0.4, 0.5) is 0 Å². The summed E-state index contributed by atoms with van der Waals surface area (Å²) in [6.07, 6.45) is 0. The van der Waals surface area contributed by atoms with Crippen LogP contribution in [-0.4, -0.2) is 116 Å². The fourth-order valence-corrected chi connectivity index (χ4v) is 2.31. The van der Waals surface area contributed by atoms with E-state index in [1.165, 1.54) is 0 Å². The molecule has 0 aromatic rings. The lowest BCUT2D eigenvalue weighted by atomic mass is 10.4. The molecule has 7 nitrogen and oxygen atoms in total. The molecule has 138 valence electrons. The highest BCUT2D eigenvalue weighted by Crippen LogP contribution is 1.95. The Bertz CT molecular complexity index is 235. The van der Waals surface area contributed by atoms with Gasteiger partial charge in [0, 0.05) is 53.5 Å². The van der Waals surface area contributed by atoms with Crippen molar-refractivity contribution in [3.8, 4) is 0 Å². The van der Waals surface area contributed by atoms with E-state index < -0.39 is 0 Å². The van der Waals surface area contributed by atoms with Crippen LogP contribution >= 0.6 is 0 Å². The number of rotatable bonds is 6. The predicted octanol–water partition coefficient (Wildman–Crippen LogP) is -0.0534. The lowest BCUT2D eigenvalue weighted by molar-refractivity contribution is 0.0283. The summed E-state index contributed by atoms with van der Waals surface area (Å²) in [5.74, 6) is 0. The summed E-state index contributed by atoms with van der Waals surface area (Å²) in [6, 6.07) is 0. The molecular weight excluding hydrogens is 300 g/mol. The van der Waals surface area contributed by atoms with E-state index in [2.05, 4.69) is 9.80 Å². The Kier molecular flexibility index (Phi) is 13.8. The monoisotopic (exact) mass is 334 g/mol. The molecule has 0 aliphatic carbocycles. The topological polar surface area (TPSA) is 52.6 Å². The first-order valence-electron chi connectivity index (χ1n) is 8.52. The molecule has 0 aromatic carbocycles. The zero-order valence-electron chi connectivity index (χ0n) is 14.8. The molecule has 1 aliphatic heterocycles. The lowest BCUT2D eigenvalue weighted by Gasteiger charge is -2.23. The highest BCUT2D eigenvalue weighted by atomic mass is 16.5. The maximum atomic E-state index is 5.78. The first-order chi connectivity index (χ1) is 11.4. The molecule has 0 radical (unpaired) electrons. The number of methoxy groups -OCH3 is 2. The molecule has 1 saturated heterocycles. The quantitative estimate of drug-likeness (QED) is 0.675. The van der Waals surface area contributed by atoms with Crippen LogP contribution in [0.2, 0.25) is 0 Å². The standard InChI is InChI=1S/C16H34N2O5/c1-19-9-3-17-5-11-21-12-6-18(4-10-20-2)8-14-23-16-15-22-13-7-17/h3-16H2,1-2H3. The van der Waals surface area contributed by atoms with Crippen molar-refractivity contribution in [2.75, 3.05) is 106 Å². The van der Waals surface area contributed by atoms with Crippen molar-refractivity contribution in [2.24, 2.45) is 0 Å². The van der Waals surface area contributed by atoms with Crippen LogP contribution in [0.1, 0.15) is 0 Å². The van der Waals surface area contributed by atoms with Gasteiger partial charge in [0.05, 0.1) is 52.9 Å². The summed E-state index contributed by atoms with van der Waals surface area (Å²) >= 11 is 0. The predicted molar refractivity (Wildman–Crippen MR) is 89.1 cm³/mol. The Balaban J connectivity index is 2.34. The van der Waals surface area contributed by atoms with Crippen molar-refractivity contribution < 1.29 is 23.7 Å². The summed E-state index contributed by atoms with van der Waals surface area (Å²) < 4.78 is 27.4. The minimum atomic E-state index is 0.646. The lowest BCUT2D eigenvalue weighted by Crippen LogP contribution is -2.35. The molecule has 0 amide bonds. The minimum Gasteiger partial charge on any atom is -0.383 e. The first kappa shape index (κ1) is 20.8. The highest BCUT2D eigenvalue weighted by Gasteiger charge is 2.08. The van der Waals surface area contributed by atoms with E-state index in [0.29, 0.717) is 26.4 Å². The van der Waals surface area contributed by atoms with Crippen molar-refractivity contribution >= 4 is 0 Å². The van der Waals surface area contributed by atoms with Crippen LogP contribution in [-0.2, 0) is 23.7 Å². The van der Waals surface area contributed by atoms with Gasteiger partial charge in [-0.15, -0.1) is 0 Å². The Morgan fingerprint density at radius 3 is 1.30 bits per heavy atom. The van der Waals surface area contributed by atoms with Crippen LogP contribution in [0, 0.1) is 0 Å². The SMILES string of the molecule is COCCN1CCOCCOCCN(CCOC)CCOCC1.